The highest BCUT2D eigenvalue weighted by molar-refractivity contribution is 5.03. The Morgan fingerprint density at radius 1 is 1.20 bits per heavy atom. The molecule has 1 aliphatic heterocycles. The summed E-state index contributed by atoms with van der Waals surface area (Å²) in [6, 6.07) is 0. The molecular weight excluding hydrogens is 250 g/mol. The van der Waals surface area contributed by atoms with Crippen LogP contribution in [0, 0.1) is 11.8 Å². The van der Waals surface area contributed by atoms with Crippen molar-refractivity contribution >= 4 is 0 Å². The summed E-state index contributed by atoms with van der Waals surface area (Å²) < 4.78 is 0. The Balaban J connectivity index is 1.83. The maximum atomic E-state index is 9.92. The third-order valence-electron chi connectivity index (χ3n) is 5.01. The lowest BCUT2D eigenvalue weighted by Crippen LogP contribution is -2.59. The van der Waals surface area contributed by atoms with E-state index in [1.165, 1.54) is 45.3 Å². The lowest BCUT2D eigenvalue weighted by Gasteiger charge is -2.41. The van der Waals surface area contributed by atoms with Gasteiger partial charge in [0.1, 0.15) is 0 Å². The molecule has 2 aliphatic rings. The fourth-order valence-corrected chi connectivity index (χ4v) is 3.79. The molecule has 2 rings (SSSR count). The van der Waals surface area contributed by atoms with Crippen molar-refractivity contribution in [3.05, 3.63) is 0 Å². The van der Waals surface area contributed by atoms with E-state index in [2.05, 4.69) is 36.1 Å². The predicted molar refractivity (Wildman–Crippen MR) is 83.9 cm³/mol. The van der Waals surface area contributed by atoms with E-state index in [-0.39, 0.29) is 12.1 Å². The Hall–Kier alpha value is -0.160. The maximum Gasteiger partial charge on any atom is 0.0628 e. The molecular formula is C16H33N3O. The third kappa shape index (κ3) is 4.17. The number of nitrogens with zero attached hydrogens (tertiary/aromatic N) is 2. The second kappa shape index (κ2) is 7.21. The number of likely N-dealkylation sites (N-methyl/N-ethyl adjacent to an activating group) is 1. The zero-order valence-electron chi connectivity index (χ0n) is 13.6. The highest BCUT2D eigenvalue weighted by atomic mass is 16.3. The molecule has 1 saturated heterocycles. The number of rotatable bonds is 8. The van der Waals surface area contributed by atoms with Crippen LogP contribution < -0.4 is 5.32 Å². The summed E-state index contributed by atoms with van der Waals surface area (Å²) in [5.41, 5.74) is -0.0386. The first-order chi connectivity index (χ1) is 9.59. The molecule has 118 valence electrons. The minimum Gasteiger partial charge on any atom is -0.394 e. The number of nitrogens with one attached hydrogen (secondary N) is 1. The number of hydrogen-bond donors (Lipinski definition) is 2. The van der Waals surface area contributed by atoms with Gasteiger partial charge in [-0.3, -0.25) is 0 Å². The van der Waals surface area contributed by atoms with Gasteiger partial charge >= 0.3 is 0 Å². The average molecular weight is 283 g/mol. The van der Waals surface area contributed by atoms with Crippen molar-refractivity contribution in [1.82, 2.24) is 15.1 Å². The van der Waals surface area contributed by atoms with Gasteiger partial charge in [0.05, 0.1) is 12.1 Å². The Labute approximate surface area is 124 Å². The third-order valence-corrected chi connectivity index (χ3v) is 5.01. The first-order valence-electron chi connectivity index (χ1n) is 8.32. The van der Waals surface area contributed by atoms with E-state index < -0.39 is 0 Å². The van der Waals surface area contributed by atoms with E-state index in [0.717, 1.165) is 19.0 Å². The van der Waals surface area contributed by atoms with Crippen LogP contribution in [-0.4, -0.2) is 73.9 Å². The zero-order valence-corrected chi connectivity index (χ0v) is 13.6. The summed E-state index contributed by atoms with van der Waals surface area (Å²) in [7, 11) is 4.34. The van der Waals surface area contributed by atoms with Crippen molar-refractivity contribution < 1.29 is 5.11 Å². The van der Waals surface area contributed by atoms with Gasteiger partial charge < -0.3 is 20.2 Å². The molecule has 0 aromatic carbocycles. The first-order valence-corrected chi connectivity index (χ1v) is 8.32. The largest absolute Gasteiger partial charge is 0.394 e. The van der Waals surface area contributed by atoms with E-state index in [9.17, 15) is 5.11 Å². The number of aliphatic hydroxyl groups excluding tert-OH is 1. The van der Waals surface area contributed by atoms with Crippen molar-refractivity contribution in [2.45, 2.75) is 38.1 Å². The fraction of sp³-hybridized carbons (Fsp3) is 1.00. The molecule has 4 nitrogen and oxygen atoms in total. The lowest BCUT2D eigenvalue weighted by atomic mass is 9.90. The van der Waals surface area contributed by atoms with Crippen LogP contribution in [0.2, 0.25) is 0 Å². The van der Waals surface area contributed by atoms with Crippen LogP contribution >= 0.6 is 0 Å². The highest BCUT2D eigenvalue weighted by Crippen LogP contribution is 2.40. The lowest BCUT2D eigenvalue weighted by molar-refractivity contribution is 0.0704. The number of likely N-dealkylation sites (tertiary alicyclic amines) is 1. The normalized spacial score (nSPS) is 25.1. The molecule has 0 aromatic heterocycles. The van der Waals surface area contributed by atoms with Crippen molar-refractivity contribution in [2.24, 2.45) is 11.8 Å². The molecule has 2 N–H and O–H groups in total. The number of piperidine rings is 1. The smallest absolute Gasteiger partial charge is 0.0628 e. The fourth-order valence-electron chi connectivity index (χ4n) is 3.79. The molecule has 4 heteroatoms. The molecule has 1 unspecified atom stereocenters. The maximum absolute atomic E-state index is 9.92. The Morgan fingerprint density at radius 3 is 2.30 bits per heavy atom. The monoisotopic (exact) mass is 283 g/mol. The Morgan fingerprint density at radius 2 is 1.85 bits per heavy atom. The van der Waals surface area contributed by atoms with Crippen LogP contribution in [0.25, 0.3) is 0 Å². The van der Waals surface area contributed by atoms with Gasteiger partial charge in [0.2, 0.25) is 0 Å². The van der Waals surface area contributed by atoms with Crippen LogP contribution in [0.1, 0.15) is 32.6 Å². The molecule has 1 aliphatic carbocycles. The van der Waals surface area contributed by atoms with Gasteiger partial charge in [-0.2, -0.15) is 0 Å². The molecule has 0 amide bonds. The molecule has 1 heterocycles. The second-order valence-corrected chi connectivity index (χ2v) is 7.10. The molecule has 0 aromatic rings. The summed E-state index contributed by atoms with van der Waals surface area (Å²) in [4.78, 5) is 4.88. The summed E-state index contributed by atoms with van der Waals surface area (Å²) in [5.74, 6) is 1.54. The summed E-state index contributed by atoms with van der Waals surface area (Å²) in [6.07, 6.45) is 5.17. The van der Waals surface area contributed by atoms with Gasteiger partial charge in [0.25, 0.3) is 0 Å². The van der Waals surface area contributed by atoms with Crippen LogP contribution in [0.4, 0.5) is 0 Å². The number of aliphatic hydroxyl groups is 1. The zero-order chi connectivity index (χ0) is 14.6. The highest BCUT2D eigenvalue weighted by Gasteiger charge is 2.45. The molecule has 1 saturated carbocycles. The topological polar surface area (TPSA) is 38.7 Å². The molecule has 0 bridgehead atoms. The molecule has 0 radical (unpaired) electrons. The SMILES string of the molecule is CCNC(CO)(CN1CCC(CN(C)C)CC1)C1CC1. The van der Waals surface area contributed by atoms with E-state index in [0.29, 0.717) is 5.92 Å². The van der Waals surface area contributed by atoms with Crippen molar-refractivity contribution in [1.29, 1.82) is 0 Å². The van der Waals surface area contributed by atoms with Gasteiger partial charge in [0, 0.05) is 13.1 Å². The van der Waals surface area contributed by atoms with Crippen LogP contribution in [-0.2, 0) is 0 Å². The van der Waals surface area contributed by atoms with E-state index in [1.54, 1.807) is 0 Å². The van der Waals surface area contributed by atoms with Crippen LogP contribution in [0.5, 0.6) is 0 Å². The summed E-state index contributed by atoms with van der Waals surface area (Å²) in [5, 5.41) is 13.5. The van der Waals surface area contributed by atoms with Crippen molar-refractivity contribution in [3.63, 3.8) is 0 Å². The van der Waals surface area contributed by atoms with E-state index >= 15 is 0 Å². The van der Waals surface area contributed by atoms with Gasteiger partial charge in [-0.15, -0.1) is 0 Å². The quantitative estimate of drug-likeness (QED) is 0.697. The van der Waals surface area contributed by atoms with Gasteiger partial charge in [-0.1, -0.05) is 6.92 Å². The van der Waals surface area contributed by atoms with Gasteiger partial charge in [-0.25, -0.2) is 0 Å². The minimum absolute atomic E-state index is 0.0386. The standard InChI is InChI=1S/C16H33N3O/c1-4-17-16(13-20,15-5-6-15)12-19-9-7-14(8-10-19)11-18(2)3/h14-15,17,20H,4-13H2,1-3H3. The van der Waals surface area contributed by atoms with Gasteiger partial charge in [0.15, 0.2) is 0 Å². The minimum atomic E-state index is -0.0386. The summed E-state index contributed by atoms with van der Waals surface area (Å²) in [6.45, 7) is 8.01. The first kappa shape index (κ1) is 16.2. The molecule has 2 fully saturated rings. The van der Waals surface area contributed by atoms with Crippen molar-refractivity contribution in [2.75, 3.05) is 53.4 Å². The second-order valence-electron chi connectivity index (χ2n) is 7.10. The van der Waals surface area contributed by atoms with E-state index in [4.69, 9.17) is 0 Å². The molecule has 1 atom stereocenters. The Bertz CT molecular complexity index is 285. The molecule has 20 heavy (non-hydrogen) atoms. The van der Waals surface area contributed by atoms with Crippen LogP contribution in [0.3, 0.4) is 0 Å². The van der Waals surface area contributed by atoms with Gasteiger partial charge in [-0.05, 0) is 71.2 Å². The van der Waals surface area contributed by atoms with Crippen LogP contribution in [0.15, 0.2) is 0 Å². The number of hydrogen-bond acceptors (Lipinski definition) is 4. The predicted octanol–water partition coefficient (Wildman–Crippen LogP) is 1.01. The Kier molecular flexibility index (Phi) is 5.84. The summed E-state index contributed by atoms with van der Waals surface area (Å²) >= 11 is 0. The molecule has 0 spiro atoms. The van der Waals surface area contributed by atoms with Crippen molar-refractivity contribution in [3.8, 4) is 0 Å². The average Bonchev–Trinajstić information content (AvgIpc) is 3.24. The van der Waals surface area contributed by atoms with E-state index in [1.807, 2.05) is 0 Å².